The molecule has 1 fully saturated rings. The molecule has 0 amide bonds. The zero-order valence-electron chi connectivity index (χ0n) is 19.6. The topological polar surface area (TPSA) is 38.7 Å². The van der Waals surface area contributed by atoms with E-state index in [1.807, 2.05) is 0 Å². The fourth-order valence-corrected chi connectivity index (χ4v) is 11.0. The standard InChI is InChI=1S/C22H44O3Si2/c1-15(2)27(16(3)4,17(5)6)25-22-19(8)18(7)20(24-21(22)14-23)12-13-26(9,10)11/h15-23H,14H2,1-11H3/t18-,19+,20+,21+,22-/m0/s1. The summed E-state index contributed by atoms with van der Waals surface area (Å²) < 4.78 is 13.4. The molecule has 0 saturated carbocycles. The van der Waals surface area contributed by atoms with E-state index in [2.05, 4.69) is 86.5 Å². The van der Waals surface area contributed by atoms with Crippen molar-refractivity contribution in [1.29, 1.82) is 0 Å². The molecule has 0 aromatic heterocycles. The molecule has 1 N–H and O–H groups in total. The summed E-state index contributed by atoms with van der Waals surface area (Å²) in [5.74, 6) is 3.99. The molecule has 3 nitrogen and oxygen atoms in total. The normalized spacial score (nSPS) is 30.0. The van der Waals surface area contributed by atoms with Gasteiger partial charge in [-0.1, -0.05) is 81.0 Å². The Morgan fingerprint density at radius 2 is 1.41 bits per heavy atom. The van der Waals surface area contributed by atoms with E-state index in [0.717, 1.165) is 0 Å². The van der Waals surface area contributed by atoms with Gasteiger partial charge in [-0.15, -0.1) is 5.54 Å². The maximum absolute atomic E-state index is 10.1. The molecule has 158 valence electrons. The van der Waals surface area contributed by atoms with Gasteiger partial charge in [-0.2, -0.15) is 0 Å². The lowest BCUT2D eigenvalue weighted by atomic mass is 9.82. The Kier molecular flexibility index (Phi) is 8.84. The van der Waals surface area contributed by atoms with Crippen LogP contribution in [0.25, 0.3) is 0 Å². The van der Waals surface area contributed by atoms with Gasteiger partial charge in [0.15, 0.2) is 0 Å². The smallest absolute Gasteiger partial charge is 0.200 e. The molecule has 0 spiro atoms. The van der Waals surface area contributed by atoms with E-state index >= 15 is 0 Å². The lowest BCUT2D eigenvalue weighted by molar-refractivity contribution is -0.157. The van der Waals surface area contributed by atoms with E-state index in [1.54, 1.807) is 0 Å². The van der Waals surface area contributed by atoms with Crippen molar-refractivity contribution in [2.45, 2.75) is 110 Å². The zero-order chi connectivity index (χ0) is 21.2. The van der Waals surface area contributed by atoms with Crippen molar-refractivity contribution in [3.05, 3.63) is 0 Å². The van der Waals surface area contributed by atoms with Crippen LogP contribution in [0.5, 0.6) is 0 Å². The van der Waals surface area contributed by atoms with Gasteiger partial charge in [0.05, 0.1) is 12.7 Å². The van der Waals surface area contributed by atoms with Gasteiger partial charge in [0, 0.05) is 0 Å². The number of hydrogen-bond donors (Lipinski definition) is 1. The first kappa shape index (κ1) is 24.9. The van der Waals surface area contributed by atoms with Crippen LogP contribution in [-0.2, 0) is 9.16 Å². The van der Waals surface area contributed by atoms with Crippen molar-refractivity contribution in [1.82, 2.24) is 0 Å². The van der Waals surface area contributed by atoms with Gasteiger partial charge in [0.25, 0.3) is 0 Å². The minimum atomic E-state index is -2.04. The van der Waals surface area contributed by atoms with E-state index < -0.39 is 16.4 Å². The third-order valence-electron chi connectivity index (χ3n) is 6.33. The Hall–Kier alpha value is -0.126. The number of rotatable bonds is 6. The summed E-state index contributed by atoms with van der Waals surface area (Å²) in [7, 11) is -3.49. The van der Waals surface area contributed by atoms with Crippen LogP contribution in [-0.4, -0.2) is 46.4 Å². The lowest BCUT2D eigenvalue weighted by Crippen LogP contribution is -2.59. The number of aliphatic hydroxyl groups is 1. The highest BCUT2D eigenvalue weighted by atomic mass is 28.4. The fraction of sp³-hybridized carbons (Fsp3) is 0.909. The van der Waals surface area contributed by atoms with E-state index in [9.17, 15) is 5.11 Å². The highest BCUT2D eigenvalue weighted by Crippen LogP contribution is 2.46. The molecule has 0 radical (unpaired) electrons. The molecule has 0 aliphatic carbocycles. The predicted molar refractivity (Wildman–Crippen MR) is 121 cm³/mol. The van der Waals surface area contributed by atoms with Gasteiger partial charge in [-0.05, 0) is 28.5 Å². The van der Waals surface area contributed by atoms with Crippen molar-refractivity contribution in [3.63, 3.8) is 0 Å². The molecule has 5 atom stereocenters. The third-order valence-corrected chi connectivity index (χ3v) is 13.3. The highest BCUT2D eigenvalue weighted by Gasteiger charge is 2.51. The maximum Gasteiger partial charge on any atom is 0.200 e. The van der Waals surface area contributed by atoms with Crippen LogP contribution in [0.1, 0.15) is 55.4 Å². The second-order valence-corrected chi connectivity index (χ2v) is 20.6. The molecule has 0 aromatic rings. The Morgan fingerprint density at radius 1 is 0.926 bits per heavy atom. The predicted octanol–water partition coefficient (Wildman–Crippen LogP) is 5.46. The van der Waals surface area contributed by atoms with Gasteiger partial charge in [0.1, 0.15) is 20.3 Å². The summed E-state index contributed by atoms with van der Waals surface area (Å²) >= 11 is 0. The SMILES string of the molecule is CC(C)[Si](O[C@H]1[C@H](C)[C@H](C)[C@@H](C#C[Si](C)(C)C)O[C@@H]1CO)(C(C)C)C(C)C. The molecule has 0 bridgehead atoms. The second-order valence-electron chi connectivity index (χ2n) is 10.4. The van der Waals surface area contributed by atoms with Gasteiger partial charge in [0.2, 0.25) is 8.32 Å². The van der Waals surface area contributed by atoms with Crippen LogP contribution in [0.4, 0.5) is 0 Å². The maximum atomic E-state index is 10.1. The zero-order valence-corrected chi connectivity index (χ0v) is 21.6. The Balaban J connectivity index is 3.19. The molecule has 1 rings (SSSR count). The minimum absolute atomic E-state index is 0.00831. The van der Waals surface area contributed by atoms with Crippen molar-refractivity contribution in [2.24, 2.45) is 11.8 Å². The Labute approximate surface area is 170 Å². The lowest BCUT2D eigenvalue weighted by Gasteiger charge is -2.50. The number of hydrogen-bond acceptors (Lipinski definition) is 3. The van der Waals surface area contributed by atoms with Crippen LogP contribution in [0, 0.1) is 23.3 Å². The molecule has 5 heteroatoms. The van der Waals surface area contributed by atoms with Gasteiger partial charge < -0.3 is 14.3 Å². The molecular weight excluding hydrogens is 368 g/mol. The minimum Gasteiger partial charge on any atom is -0.410 e. The van der Waals surface area contributed by atoms with Crippen molar-refractivity contribution in [3.8, 4) is 11.5 Å². The highest BCUT2D eigenvalue weighted by molar-refractivity contribution is 6.83. The summed E-state index contributed by atoms with van der Waals surface area (Å²) in [6.45, 7) is 25.1. The number of ether oxygens (including phenoxy) is 1. The van der Waals surface area contributed by atoms with Crippen molar-refractivity contribution >= 4 is 16.4 Å². The summed E-state index contributed by atoms with van der Waals surface area (Å²) in [6.07, 6.45) is -0.467. The quantitative estimate of drug-likeness (QED) is 0.465. The van der Waals surface area contributed by atoms with E-state index in [4.69, 9.17) is 9.16 Å². The van der Waals surface area contributed by atoms with Gasteiger partial charge >= 0.3 is 0 Å². The molecule has 0 unspecified atom stereocenters. The van der Waals surface area contributed by atoms with Crippen LogP contribution in [0.3, 0.4) is 0 Å². The van der Waals surface area contributed by atoms with E-state index in [1.165, 1.54) is 0 Å². The van der Waals surface area contributed by atoms with Gasteiger partial charge in [-0.3, -0.25) is 0 Å². The summed E-state index contributed by atoms with van der Waals surface area (Å²) in [5.41, 5.74) is 5.01. The first-order chi connectivity index (χ1) is 12.3. The molecule has 0 aromatic carbocycles. The first-order valence-electron chi connectivity index (χ1n) is 10.7. The first-order valence-corrected chi connectivity index (χ1v) is 16.4. The third kappa shape index (κ3) is 5.70. The molecule has 1 saturated heterocycles. The molecule has 1 aliphatic rings. The second kappa shape index (κ2) is 9.58. The van der Waals surface area contributed by atoms with Crippen LogP contribution >= 0.6 is 0 Å². The fourth-order valence-electron chi connectivity index (χ4n) is 4.73. The van der Waals surface area contributed by atoms with Crippen LogP contribution in [0.15, 0.2) is 0 Å². The Morgan fingerprint density at radius 3 is 1.78 bits per heavy atom. The average molecular weight is 413 g/mol. The number of aliphatic hydroxyl groups excluding tert-OH is 1. The monoisotopic (exact) mass is 412 g/mol. The molecule has 1 aliphatic heterocycles. The van der Waals surface area contributed by atoms with E-state index in [-0.39, 0.29) is 24.9 Å². The van der Waals surface area contributed by atoms with Crippen molar-refractivity contribution in [2.75, 3.05) is 6.61 Å². The summed E-state index contributed by atoms with van der Waals surface area (Å²) in [6, 6.07) is 0. The van der Waals surface area contributed by atoms with Crippen molar-refractivity contribution < 1.29 is 14.3 Å². The Bertz CT molecular complexity index is 504. The summed E-state index contributed by atoms with van der Waals surface area (Å²) in [5, 5.41) is 10.1. The summed E-state index contributed by atoms with van der Waals surface area (Å²) in [4.78, 5) is 0. The average Bonchev–Trinajstić information content (AvgIpc) is 2.53. The molecular formula is C22H44O3Si2. The van der Waals surface area contributed by atoms with Crippen LogP contribution in [0.2, 0.25) is 36.3 Å². The molecule has 27 heavy (non-hydrogen) atoms. The largest absolute Gasteiger partial charge is 0.410 e. The van der Waals surface area contributed by atoms with E-state index in [0.29, 0.717) is 28.5 Å². The van der Waals surface area contributed by atoms with Crippen LogP contribution < -0.4 is 0 Å². The molecule has 1 heterocycles. The van der Waals surface area contributed by atoms with Gasteiger partial charge in [-0.25, -0.2) is 0 Å².